The summed E-state index contributed by atoms with van der Waals surface area (Å²) in [7, 11) is 0. The van der Waals surface area contributed by atoms with Gasteiger partial charge in [0.15, 0.2) is 0 Å². The molecule has 0 atom stereocenters. The first kappa shape index (κ1) is 9.32. The topological polar surface area (TPSA) is 57.5 Å². The van der Waals surface area contributed by atoms with Crippen LogP contribution in [0.3, 0.4) is 0 Å². The molecule has 0 saturated heterocycles. The number of phenolic OH excluding ortho intramolecular Hbond substituents is 1. The minimum absolute atomic E-state index is 0.0862. The average Bonchev–Trinajstić information content (AvgIpc) is 2.06. The van der Waals surface area contributed by atoms with E-state index in [1.54, 1.807) is 12.1 Å². The maximum Gasteiger partial charge on any atom is 0.328 e. The van der Waals surface area contributed by atoms with Gasteiger partial charge in [0.2, 0.25) is 0 Å². The van der Waals surface area contributed by atoms with Crippen molar-refractivity contribution in [3.63, 3.8) is 0 Å². The third-order valence-electron chi connectivity index (χ3n) is 1.59. The molecule has 0 unspecified atom stereocenters. The zero-order chi connectivity index (χ0) is 9.84. The van der Waals surface area contributed by atoms with Crippen LogP contribution in [-0.2, 0) is 4.79 Å². The van der Waals surface area contributed by atoms with Crippen molar-refractivity contribution < 1.29 is 15.0 Å². The number of carboxylic acid groups (broad SMARTS) is 1. The van der Waals surface area contributed by atoms with Gasteiger partial charge in [-0.2, -0.15) is 0 Å². The van der Waals surface area contributed by atoms with Gasteiger partial charge in [-0.1, -0.05) is 11.6 Å². The van der Waals surface area contributed by atoms with E-state index in [4.69, 9.17) is 5.11 Å². The molecule has 0 aliphatic carbocycles. The maximum atomic E-state index is 10.2. The summed E-state index contributed by atoms with van der Waals surface area (Å²) in [6, 6.07) is 5.01. The summed E-state index contributed by atoms with van der Waals surface area (Å²) in [5.74, 6) is -0.941. The lowest BCUT2D eigenvalue weighted by Gasteiger charge is -1.99. The van der Waals surface area contributed by atoms with Gasteiger partial charge < -0.3 is 10.2 Å². The molecule has 0 radical (unpaired) electrons. The fraction of sp³-hybridized carbons (Fsp3) is 0.100. The summed E-state index contributed by atoms with van der Waals surface area (Å²) in [5, 5.41) is 17.7. The second-order valence-corrected chi connectivity index (χ2v) is 2.73. The minimum Gasteiger partial charge on any atom is -0.507 e. The third kappa shape index (κ3) is 2.63. The molecule has 13 heavy (non-hydrogen) atoms. The summed E-state index contributed by atoms with van der Waals surface area (Å²) in [6.45, 7) is 1.87. The fourth-order valence-electron chi connectivity index (χ4n) is 0.969. The van der Waals surface area contributed by atoms with Crippen LogP contribution >= 0.6 is 0 Å². The molecule has 68 valence electrons. The molecule has 0 saturated carbocycles. The molecule has 3 nitrogen and oxygen atoms in total. The lowest BCUT2D eigenvalue weighted by Crippen LogP contribution is -1.86. The Labute approximate surface area is 76.0 Å². The Hall–Kier alpha value is -1.77. The van der Waals surface area contributed by atoms with Gasteiger partial charge in [-0.25, -0.2) is 4.79 Å². The summed E-state index contributed by atoms with van der Waals surface area (Å²) < 4.78 is 0. The van der Waals surface area contributed by atoms with E-state index in [2.05, 4.69) is 0 Å². The number of aromatic hydroxyl groups is 1. The minimum atomic E-state index is -1.03. The van der Waals surface area contributed by atoms with Crippen molar-refractivity contribution >= 4 is 12.0 Å². The SMILES string of the molecule is Cc1ccc(O)c(/C=C\C(=O)O)c1. The van der Waals surface area contributed by atoms with Crippen LogP contribution in [0.15, 0.2) is 24.3 Å². The van der Waals surface area contributed by atoms with Crippen LogP contribution < -0.4 is 0 Å². The molecule has 1 rings (SSSR count). The van der Waals surface area contributed by atoms with Crippen molar-refractivity contribution in [1.29, 1.82) is 0 Å². The Kier molecular flexibility index (Phi) is 2.69. The molecular weight excluding hydrogens is 168 g/mol. The van der Waals surface area contributed by atoms with E-state index in [0.29, 0.717) is 5.56 Å². The molecule has 0 aromatic heterocycles. The van der Waals surface area contributed by atoms with E-state index >= 15 is 0 Å². The van der Waals surface area contributed by atoms with Crippen LogP contribution in [0.4, 0.5) is 0 Å². The highest BCUT2D eigenvalue weighted by Crippen LogP contribution is 2.19. The number of hydrogen-bond donors (Lipinski definition) is 2. The predicted octanol–water partition coefficient (Wildman–Crippen LogP) is 1.80. The van der Waals surface area contributed by atoms with E-state index in [1.807, 2.05) is 6.92 Å². The van der Waals surface area contributed by atoms with Crippen LogP contribution in [0, 0.1) is 6.92 Å². The normalized spacial score (nSPS) is 10.5. The van der Waals surface area contributed by atoms with Gasteiger partial charge in [-0.3, -0.25) is 0 Å². The van der Waals surface area contributed by atoms with Gasteiger partial charge in [0, 0.05) is 11.6 Å². The molecule has 1 aromatic rings. The van der Waals surface area contributed by atoms with E-state index in [1.165, 1.54) is 12.1 Å². The molecule has 3 heteroatoms. The molecule has 1 aromatic carbocycles. The van der Waals surface area contributed by atoms with Gasteiger partial charge in [-0.15, -0.1) is 0 Å². The van der Waals surface area contributed by atoms with Gasteiger partial charge in [0.25, 0.3) is 0 Å². The Morgan fingerprint density at radius 2 is 2.15 bits per heavy atom. The number of rotatable bonds is 2. The molecule has 0 aliphatic rings. The molecule has 0 aliphatic heterocycles. The van der Waals surface area contributed by atoms with Crippen molar-refractivity contribution in [2.75, 3.05) is 0 Å². The standard InChI is InChI=1S/C10H10O3/c1-7-2-4-9(11)8(6-7)3-5-10(12)13/h2-6,11H,1H3,(H,12,13)/b5-3-. The largest absolute Gasteiger partial charge is 0.507 e. The van der Waals surface area contributed by atoms with E-state index in [9.17, 15) is 9.90 Å². The van der Waals surface area contributed by atoms with Gasteiger partial charge in [0.05, 0.1) is 0 Å². The molecule has 2 N–H and O–H groups in total. The van der Waals surface area contributed by atoms with Crippen molar-refractivity contribution in [2.24, 2.45) is 0 Å². The van der Waals surface area contributed by atoms with E-state index in [0.717, 1.165) is 11.6 Å². The summed E-state index contributed by atoms with van der Waals surface area (Å²) in [6.07, 6.45) is 2.36. The van der Waals surface area contributed by atoms with Crippen LogP contribution in [0.5, 0.6) is 5.75 Å². The molecule has 0 fully saturated rings. The highest BCUT2D eigenvalue weighted by Gasteiger charge is 1.97. The van der Waals surface area contributed by atoms with Crippen LogP contribution in [0.25, 0.3) is 6.08 Å². The summed E-state index contributed by atoms with van der Waals surface area (Å²) in [5.41, 5.74) is 1.49. The van der Waals surface area contributed by atoms with Crippen molar-refractivity contribution in [2.45, 2.75) is 6.92 Å². The summed E-state index contributed by atoms with van der Waals surface area (Å²) >= 11 is 0. The Morgan fingerprint density at radius 1 is 1.46 bits per heavy atom. The van der Waals surface area contributed by atoms with Crippen LogP contribution in [-0.4, -0.2) is 16.2 Å². The number of benzene rings is 1. The van der Waals surface area contributed by atoms with Crippen molar-refractivity contribution in [3.8, 4) is 5.75 Å². The summed E-state index contributed by atoms with van der Waals surface area (Å²) in [4.78, 5) is 10.2. The predicted molar refractivity (Wildman–Crippen MR) is 49.5 cm³/mol. The van der Waals surface area contributed by atoms with Gasteiger partial charge >= 0.3 is 5.97 Å². The average molecular weight is 178 g/mol. The van der Waals surface area contributed by atoms with E-state index in [-0.39, 0.29) is 5.75 Å². The quantitative estimate of drug-likeness (QED) is 0.679. The molecule has 0 amide bonds. The third-order valence-corrected chi connectivity index (χ3v) is 1.59. The monoisotopic (exact) mass is 178 g/mol. The lowest BCUT2D eigenvalue weighted by molar-refractivity contribution is -0.131. The first-order chi connectivity index (χ1) is 6.09. The molecule has 0 bridgehead atoms. The fourth-order valence-corrected chi connectivity index (χ4v) is 0.969. The van der Waals surface area contributed by atoms with E-state index < -0.39 is 5.97 Å². The number of carboxylic acids is 1. The van der Waals surface area contributed by atoms with Gasteiger partial charge in [-0.05, 0) is 25.1 Å². The highest BCUT2D eigenvalue weighted by atomic mass is 16.4. The van der Waals surface area contributed by atoms with Gasteiger partial charge in [0.1, 0.15) is 5.75 Å². The second kappa shape index (κ2) is 3.76. The first-order valence-electron chi connectivity index (χ1n) is 3.80. The highest BCUT2D eigenvalue weighted by molar-refractivity contribution is 5.85. The zero-order valence-electron chi connectivity index (χ0n) is 7.19. The number of aliphatic carboxylic acids is 1. The smallest absolute Gasteiger partial charge is 0.328 e. The molecular formula is C10H10O3. The number of aryl methyl sites for hydroxylation is 1. The second-order valence-electron chi connectivity index (χ2n) is 2.73. The Balaban J connectivity index is 3.00. The number of carbonyl (C=O) groups is 1. The first-order valence-corrected chi connectivity index (χ1v) is 3.80. The maximum absolute atomic E-state index is 10.2. The van der Waals surface area contributed by atoms with Crippen LogP contribution in [0.1, 0.15) is 11.1 Å². The number of phenols is 1. The molecule has 0 heterocycles. The van der Waals surface area contributed by atoms with Crippen molar-refractivity contribution in [3.05, 3.63) is 35.4 Å². The molecule has 0 spiro atoms. The Bertz CT molecular complexity index is 353. The lowest BCUT2D eigenvalue weighted by atomic mass is 10.1. The number of hydrogen-bond acceptors (Lipinski definition) is 2. The van der Waals surface area contributed by atoms with Crippen molar-refractivity contribution in [1.82, 2.24) is 0 Å². The Morgan fingerprint density at radius 3 is 2.77 bits per heavy atom. The van der Waals surface area contributed by atoms with Crippen LogP contribution in [0.2, 0.25) is 0 Å². The zero-order valence-corrected chi connectivity index (χ0v) is 7.19.